The van der Waals surface area contributed by atoms with Crippen molar-refractivity contribution in [1.29, 1.82) is 0 Å². The van der Waals surface area contributed by atoms with Gasteiger partial charge in [-0.05, 0) is 52.9 Å². The van der Waals surface area contributed by atoms with Crippen molar-refractivity contribution < 1.29 is 90.8 Å². The zero-order valence-electron chi connectivity index (χ0n) is 41.2. The lowest BCUT2D eigenvalue weighted by Crippen LogP contribution is -2.47. The van der Waals surface area contributed by atoms with Crippen LogP contribution in [0.4, 0.5) is 0 Å². The zero-order valence-corrected chi connectivity index (χ0v) is 41.2. The van der Waals surface area contributed by atoms with Gasteiger partial charge in [-0.2, -0.15) is 0 Å². The van der Waals surface area contributed by atoms with E-state index in [1.807, 2.05) is 0 Å². The minimum atomic E-state index is -1.27. The molecule has 0 bridgehead atoms. The molecule has 0 aromatic carbocycles. The highest BCUT2D eigenvalue weighted by atomic mass is 16.6. The van der Waals surface area contributed by atoms with Crippen molar-refractivity contribution in [2.24, 2.45) is 0 Å². The van der Waals surface area contributed by atoms with Crippen LogP contribution in [0.1, 0.15) is 65.7 Å². The lowest BCUT2D eigenvalue weighted by Gasteiger charge is -2.19. The Kier molecular flexibility index (Phi) is 43.1. The molecule has 69 heavy (non-hydrogen) atoms. The first kappa shape index (κ1) is 64.6. The zero-order chi connectivity index (χ0) is 51.1. The highest BCUT2D eigenvalue weighted by Gasteiger charge is 2.21. The van der Waals surface area contributed by atoms with Gasteiger partial charge in [-0.15, -0.1) is 0 Å². The third-order valence-corrected chi connectivity index (χ3v) is 8.52. The standard InChI is InChI=1S/C45H81N5O19/c1-45(2,3)69-43(57)35-49-38(51)10-7-16-48-44(58)37(50-40(53)11-8-15-46-39(52)12-13-42(55)56)9-5-6-14-47-41(54)36-68-34-33-67-32-31-66-30-29-65-28-27-64-26-25-63-24-23-62-22-21-61-20-19-60-18-17-59-4/h12-13,37H,5-11,14-36H2,1-4H3,(H,46,52)(H,47,54)(H,48,58)(H,49,51)(H,50,53)(H,55,56)/b13-12+/t37-/m0/s1. The molecule has 0 saturated carbocycles. The summed E-state index contributed by atoms with van der Waals surface area (Å²) in [5, 5.41) is 21.7. The number of esters is 1. The van der Waals surface area contributed by atoms with Crippen LogP contribution in [-0.4, -0.2) is 217 Å². The molecule has 0 aliphatic heterocycles. The van der Waals surface area contributed by atoms with Gasteiger partial charge in [0.1, 0.15) is 24.8 Å². The Labute approximate surface area is 406 Å². The van der Waals surface area contributed by atoms with Crippen LogP contribution >= 0.6 is 0 Å². The van der Waals surface area contributed by atoms with E-state index in [0.717, 1.165) is 6.08 Å². The lowest BCUT2D eigenvalue weighted by atomic mass is 10.1. The van der Waals surface area contributed by atoms with Crippen LogP contribution in [-0.2, 0) is 85.7 Å². The number of carboxylic acid groups (broad SMARTS) is 1. The summed E-state index contributed by atoms with van der Waals surface area (Å²) in [5.74, 6) is -4.08. The van der Waals surface area contributed by atoms with Crippen LogP contribution in [0, 0.1) is 0 Å². The number of ether oxygens (including phenoxy) is 11. The van der Waals surface area contributed by atoms with E-state index in [1.54, 1.807) is 27.9 Å². The van der Waals surface area contributed by atoms with Crippen LogP contribution in [0.15, 0.2) is 12.2 Å². The highest BCUT2D eigenvalue weighted by molar-refractivity contribution is 5.94. The SMILES string of the molecule is COCCOCCOCCOCCOCCOCCOCCOCCOCCOCC(=O)NCCCC[C@H](NC(=O)CCCNC(=O)/C=C/C(=O)O)C(=O)NCCCC(=O)NCC(=O)OC(C)(C)C. The fourth-order valence-electron chi connectivity index (χ4n) is 5.24. The minimum Gasteiger partial charge on any atom is -0.478 e. The van der Waals surface area contributed by atoms with Crippen LogP contribution in [0.2, 0.25) is 0 Å². The summed E-state index contributed by atoms with van der Waals surface area (Å²) in [6, 6.07) is -0.912. The molecule has 5 amide bonds. The van der Waals surface area contributed by atoms with E-state index in [1.165, 1.54) is 0 Å². The molecule has 0 aliphatic rings. The first-order valence-corrected chi connectivity index (χ1v) is 23.4. The molecule has 0 radical (unpaired) electrons. The Morgan fingerprint density at radius 1 is 0.493 bits per heavy atom. The van der Waals surface area contributed by atoms with Gasteiger partial charge in [0.2, 0.25) is 29.5 Å². The molecular formula is C45H81N5O19. The van der Waals surface area contributed by atoms with Gasteiger partial charge < -0.3 is 83.8 Å². The number of unbranched alkanes of at least 4 members (excludes halogenated alkanes) is 1. The number of carbonyl (C=O) groups is 7. The van der Waals surface area contributed by atoms with Crippen molar-refractivity contribution in [2.75, 3.05) is 159 Å². The van der Waals surface area contributed by atoms with Crippen LogP contribution < -0.4 is 26.6 Å². The first-order valence-electron chi connectivity index (χ1n) is 23.4. The molecule has 0 saturated heterocycles. The number of methoxy groups -OCH3 is 1. The van der Waals surface area contributed by atoms with Crippen molar-refractivity contribution in [2.45, 2.75) is 77.4 Å². The van der Waals surface area contributed by atoms with Gasteiger partial charge >= 0.3 is 11.9 Å². The van der Waals surface area contributed by atoms with Crippen LogP contribution in [0.25, 0.3) is 0 Å². The number of hydrogen-bond acceptors (Lipinski definition) is 18. The predicted octanol–water partition coefficient (Wildman–Crippen LogP) is -0.555. The van der Waals surface area contributed by atoms with Crippen molar-refractivity contribution in [1.82, 2.24) is 26.6 Å². The highest BCUT2D eigenvalue weighted by Crippen LogP contribution is 2.06. The quantitative estimate of drug-likeness (QED) is 0.0253. The second-order valence-corrected chi connectivity index (χ2v) is 15.7. The molecule has 6 N–H and O–H groups in total. The average molecular weight is 996 g/mol. The molecule has 24 nitrogen and oxygen atoms in total. The van der Waals surface area contributed by atoms with E-state index in [9.17, 15) is 33.6 Å². The summed E-state index contributed by atoms with van der Waals surface area (Å²) in [4.78, 5) is 84.2. The Balaban J connectivity index is 4.08. The lowest BCUT2D eigenvalue weighted by molar-refractivity contribution is -0.154. The fourth-order valence-corrected chi connectivity index (χ4v) is 5.24. The monoisotopic (exact) mass is 996 g/mol. The molecule has 0 heterocycles. The molecule has 400 valence electrons. The van der Waals surface area contributed by atoms with Gasteiger partial charge in [0, 0.05) is 51.7 Å². The summed E-state index contributed by atoms with van der Waals surface area (Å²) in [6.07, 6.45) is 3.30. The molecule has 1 atom stereocenters. The van der Waals surface area contributed by atoms with Crippen molar-refractivity contribution >= 4 is 41.5 Å². The van der Waals surface area contributed by atoms with Gasteiger partial charge in [0.25, 0.3) is 0 Å². The topological polar surface area (TPSA) is 301 Å². The van der Waals surface area contributed by atoms with Gasteiger partial charge in [-0.25, -0.2) is 4.79 Å². The van der Waals surface area contributed by atoms with E-state index in [4.69, 9.17) is 57.2 Å². The van der Waals surface area contributed by atoms with E-state index >= 15 is 0 Å². The number of carboxylic acids is 1. The van der Waals surface area contributed by atoms with E-state index in [2.05, 4.69) is 26.6 Å². The second-order valence-electron chi connectivity index (χ2n) is 15.7. The maximum absolute atomic E-state index is 13.1. The van der Waals surface area contributed by atoms with E-state index in [-0.39, 0.29) is 77.5 Å². The third kappa shape index (κ3) is 48.4. The number of hydrogen-bond donors (Lipinski definition) is 6. The molecule has 0 aromatic heterocycles. The van der Waals surface area contributed by atoms with E-state index in [0.29, 0.717) is 131 Å². The third-order valence-electron chi connectivity index (χ3n) is 8.52. The van der Waals surface area contributed by atoms with Gasteiger partial charge in [0.15, 0.2) is 0 Å². The normalized spacial score (nSPS) is 11.8. The summed E-state index contributed by atoms with van der Waals surface area (Å²) < 4.78 is 58.9. The van der Waals surface area contributed by atoms with E-state index < -0.39 is 47.2 Å². The van der Waals surface area contributed by atoms with Gasteiger partial charge in [0.05, 0.1) is 119 Å². The number of carbonyl (C=O) groups excluding carboxylic acids is 6. The molecule has 0 aliphatic carbocycles. The molecule has 0 rings (SSSR count). The van der Waals surface area contributed by atoms with Crippen LogP contribution in [0.3, 0.4) is 0 Å². The minimum absolute atomic E-state index is 0.0186. The largest absolute Gasteiger partial charge is 0.478 e. The number of aliphatic carboxylic acids is 1. The second kappa shape index (κ2) is 46.0. The molecule has 0 spiro atoms. The Hall–Kier alpha value is -4.37. The molecule has 0 fully saturated rings. The summed E-state index contributed by atoms with van der Waals surface area (Å²) in [7, 11) is 1.63. The number of nitrogens with one attached hydrogen (secondary N) is 5. The molecule has 24 heteroatoms. The van der Waals surface area contributed by atoms with Crippen molar-refractivity contribution in [3.05, 3.63) is 12.2 Å². The maximum Gasteiger partial charge on any atom is 0.328 e. The molecule has 0 aromatic rings. The van der Waals surface area contributed by atoms with Crippen LogP contribution in [0.5, 0.6) is 0 Å². The summed E-state index contributed by atoms with van der Waals surface area (Å²) in [6.45, 7) is 13.2. The molecule has 0 unspecified atom stereocenters. The number of rotatable bonds is 48. The van der Waals surface area contributed by atoms with Gasteiger partial charge in [-0.3, -0.25) is 28.8 Å². The van der Waals surface area contributed by atoms with Crippen molar-refractivity contribution in [3.63, 3.8) is 0 Å². The smallest absolute Gasteiger partial charge is 0.328 e. The maximum atomic E-state index is 13.1. The number of amides is 5. The Morgan fingerprint density at radius 2 is 0.928 bits per heavy atom. The van der Waals surface area contributed by atoms with Gasteiger partial charge in [-0.1, -0.05) is 0 Å². The molecular weight excluding hydrogens is 915 g/mol. The van der Waals surface area contributed by atoms with Crippen molar-refractivity contribution in [3.8, 4) is 0 Å². The fraction of sp³-hybridized carbons (Fsp3) is 0.800. The Morgan fingerprint density at radius 3 is 1.39 bits per heavy atom. The summed E-state index contributed by atoms with van der Waals surface area (Å²) >= 11 is 0. The summed E-state index contributed by atoms with van der Waals surface area (Å²) in [5.41, 5.74) is -0.683. The first-order chi connectivity index (χ1) is 33.2. The predicted molar refractivity (Wildman–Crippen MR) is 248 cm³/mol. The average Bonchev–Trinajstić information content (AvgIpc) is 3.30. The Bertz CT molecular complexity index is 1400.